The number of nitrogens with one attached hydrogen (secondary N) is 1. The van der Waals surface area contributed by atoms with E-state index in [4.69, 9.17) is 0 Å². The molecule has 1 aliphatic rings. The first-order valence-electron chi connectivity index (χ1n) is 8.30. The molecule has 1 saturated heterocycles. The minimum absolute atomic E-state index is 0.0226. The van der Waals surface area contributed by atoms with E-state index < -0.39 is 5.97 Å². The van der Waals surface area contributed by atoms with Gasteiger partial charge in [0.2, 0.25) is 11.8 Å². The molecule has 6 heteroatoms. The summed E-state index contributed by atoms with van der Waals surface area (Å²) < 4.78 is 0. The number of carbonyl (C=O) groups is 3. The molecule has 2 N–H and O–H groups in total. The van der Waals surface area contributed by atoms with E-state index in [1.165, 1.54) is 6.92 Å². The van der Waals surface area contributed by atoms with Crippen molar-refractivity contribution >= 4 is 17.8 Å². The Morgan fingerprint density at radius 2 is 1.88 bits per heavy atom. The normalized spacial score (nSPS) is 15.1. The van der Waals surface area contributed by atoms with Crippen molar-refractivity contribution in [3.8, 4) is 0 Å². The standard InChI is InChI=1S/C18H24N2O4/c1-13(21)19-12-14-8-10-20(11-9-14)17(22)7-6-15-4-2-3-5-16(15)18(23)24/h2-5,14H,6-12H2,1H3,(H,19,21)(H,23,24). The van der Waals surface area contributed by atoms with Crippen molar-refractivity contribution in [2.24, 2.45) is 5.92 Å². The van der Waals surface area contributed by atoms with E-state index >= 15 is 0 Å². The largest absolute Gasteiger partial charge is 0.478 e. The van der Waals surface area contributed by atoms with Crippen LogP contribution >= 0.6 is 0 Å². The molecule has 1 aromatic carbocycles. The number of carboxylic acids is 1. The highest BCUT2D eigenvalue weighted by molar-refractivity contribution is 5.89. The molecule has 130 valence electrons. The Morgan fingerprint density at radius 1 is 1.21 bits per heavy atom. The number of carbonyl (C=O) groups excluding carboxylic acids is 2. The van der Waals surface area contributed by atoms with Gasteiger partial charge in [-0.3, -0.25) is 9.59 Å². The highest BCUT2D eigenvalue weighted by Gasteiger charge is 2.23. The van der Waals surface area contributed by atoms with Gasteiger partial charge < -0.3 is 15.3 Å². The first kappa shape index (κ1) is 18.0. The Balaban J connectivity index is 1.80. The summed E-state index contributed by atoms with van der Waals surface area (Å²) in [7, 11) is 0. The van der Waals surface area contributed by atoms with E-state index in [1.807, 2.05) is 4.90 Å². The van der Waals surface area contributed by atoms with Crippen molar-refractivity contribution in [1.29, 1.82) is 0 Å². The van der Waals surface area contributed by atoms with E-state index in [9.17, 15) is 19.5 Å². The van der Waals surface area contributed by atoms with Gasteiger partial charge in [0, 0.05) is 33.0 Å². The second-order valence-corrected chi connectivity index (χ2v) is 6.22. The Morgan fingerprint density at radius 3 is 2.50 bits per heavy atom. The number of hydrogen-bond acceptors (Lipinski definition) is 3. The van der Waals surface area contributed by atoms with E-state index in [0.717, 1.165) is 12.8 Å². The fourth-order valence-corrected chi connectivity index (χ4v) is 3.02. The molecule has 0 atom stereocenters. The maximum absolute atomic E-state index is 12.3. The van der Waals surface area contributed by atoms with Gasteiger partial charge in [-0.2, -0.15) is 0 Å². The Bertz CT molecular complexity index is 607. The Labute approximate surface area is 141 Å². The summed E-state index contributed by atoms with van der Waals surface area (Å²) in [5.41, 5.74) is 0.957. The van der Waals surface area contributed by atoms with Crippen molar-refractivity contribution in [1.82, 2.24) is 10.2 Å². The van der Waals surface area contributed by atoms with Gasteiger partial charge in [-0.15, -0.1) is 0 Å². The molecule has 0 saturated carbocycles. The van der Waals surface area contributed by atoms with Gasteiger partial charge in [-0.1, -0.05) is 18.2 Å². The zero-order valence-corrected chi connectivity index (χ0v) is 14.0. The summed E-state index contributed by atoms with van der Waals surface area (Å²) in [5.74, 6) is -0.499. The molecule has 1 aromatic rings. The molecular weight excluding hydrogens is 308 g/mol. The molecular formula is C18H24N2O4. The number of rotatable bonds is 6. The van der Waals surface area contributed by atoms with Crippen LogP contribution in [0, 0.1) is 5.92 Å². The summed E-state index contributed by atoms with van der Waals surface area (Å²) in [6, 6.07) is 6.81. The van der Waals surface area contributed by atoms with Gasteiger partial charge in [0.05, 0.1) is 5.56 Å². The summed E-state index contributed by atoms with van der Waals surface area (Å²) >= 11 is 0. The van der Waals surface area contributed by atoms with Crippen LogP contribution in [0.5, 0.6) is 0 Å². The molecule has 1 fully saturated rings. The van der Waals surface area contributed by atoms with Crippen LogP contribution in [0.2, 0.25) is 0 Å². The zero-order valence-electron chi connectivity index (χ0n) is 14.0. The first-order valence-corrected chi connectivity index (χ1v) is 8.30. The van der Waals surface area contributed by atoms with Crippen molar-refractivity contribution in [2.45, 2.75) is 32.6 Å². The lowest BCUT2D eigenvalue weighted by Crippen LogP contribution is -2.41. The maximum atomic E-state index is 12.3. The van der Waals surface area contributed by atoms with Crippen LogP contribution in [0.4, 0.5) is 0 Å². The molecule has 0 bridgehead atoms. The van der Waals surface area contributed by atoms with E-state index in [1.54, 1.807) is 24.3 Å². The number of amides is 2. The molecule has 1 heterocycles. The molecule has 2 amide bonds. The minimum Gasteiger partial charge on any atom is -0.478 e. The SMILES string of the molecule is CC(=O)NCC1CCN(C(=O)CCc2ccccc2C(=O)O)CC1. The lowest BCUT2D eigenvalue weighted by Gasteiger charge is -2.32. The first-order chi connectivity index (χ1) is 11.5. The number of likely N-dealkylation sites (tertiary alicyclic amines) is 1. The average molecular weight is 332 g/mol. The highest BCUT2D eigenvalue weighted by Crippen LogP contribution is 2.18. The second kappa shape index (κ2) is 8.47. The molecule has 24 heavy (non-hydrogen) atoms. The van der Waals surface area contributed by atoms with Crippen molar-refractivity contribution in [2.75, 3.05) is 19.6 Å². The van der Waals surface area contributed by atoms with Crippen molar-refractivity contribution < 1.29 is 19.5 Å². The number of carboxylic acid groups (broad SMARTS) is 1. The van der Waals surface area contributed by atoms with E-state index in [0.29, 0.717) is 44.0 Å². The van der Waals surface area contributed by atoms with Crippen molar-refractivity contribution in [3.63, 3.8) is 0 Å². The third-order valence-corrected chi connectivity index (χ3v) is 4.46. The average Bonchev–Trinajstić information content (AvgIpc) is 2.58. The number of aryl methyl sites for hydroxylation is 1. The molecule has 0 unspecified atom stereocenters. The number of hydrogen-bond donors (Lipinski definition) is 2. The fraction of sp³-hybridized carbons (Fsp3) is 0.500. The summed E-state index contributed by atoms with van der Waals surface area (Å²) in [5, 5.41) is 12.0. The van der Waals surface area contributed by atoms with Crippen LogP contribution in [-0.2, 0) is 16.0 Å². The lowest BCUT2D eigenvalue weighted by molar-refractivity contribution is -0.132. The van der Waals surface area contributed by atoms with Gasteiger partial charge in [-0.25, -0.2) is 4.79 Å². The third kappa shape index (κ3) is 5.08. The van der Waals surface area contributed by atoms with Gasteiger partial charge in [0.25, 0.3) is 0 Å². The van der Waals surface area contributed by atoms with Crippen LogP contribution in [0.25, 0.3) is 0 Å². The molecule has 6 nitrogen and oxygen atoms in total. The molecule has 0 spiro atoms. The van der Waals surface area contributed by atoms with Gasteiger partial charge in [0.1, 0.15) is 0 Å². The molecule has 1 aliphatic heterocycles. The van der Waals surface area contributed by atoms with Gasteiger partial charge in [0.15, 0.2) is 0 Å². The topological polar surface area (TPSA) is 86.7 Å². The molecule has 2 rings (SSSR count). The van der Waals surface area contributed by atoms with Crippen LogP contribution in [0.3, 0.4) is 0 Å². The Hall–Kier alpha value is -2.37. The van der Waals surface area contributed by atoms with Crippen LogP contribution in [0.15, 0.2) is 24.3 Å². The molecule has 0 aromatic heterocycles. The zero-order chi connectivity index (χ0) is 17.5. The quantitative estimate of drug-likeness (QED) is 0.830. The summed E-state index contributed by atoms with van der Waals surface area (Å²) in [6.45, 7) is 3.57. The fourth-order valence-electron chi connectivity index (χ4n) is 3.02. The third-order valence-electron chi connectivity index (χ3n) is 4.46. The smallest absolute Gasteiger partial charge is 0.335 e. The number of aromatic carboxylic acids is 1. The Kier molecular flexibility index (Phi) is 6.35. The van der Waals surface area contributed by atoms with E-state index in [-0.39, 0.29) is 17.4 Å². The van der Waals surface area contributed by atoms with E-state index in [2.05, 4.69) is 5.32 Å². The van der Waals surface area contributed by atoms with Crippen molar-refractivity contribution in [3.05, 3.63) is 35.4 Å². The molecule has 0 radical (unpaired) electrons. The van der Waals surface area contributed by atoms with Gasteiger partial charge in [-0.05, 0) is 36.8 Å². The van der Waals surface area contributed by atoms with Gasteiger partial charge >= 0.3 is 5.97 Å². The predicted molar refractivity (Wildman–Crippen MR) is 89.7 cm³/mol. The van der Waals surface area contributed by atoms with Crippen LogP contribution < -0.4 is 5.32 Å². The number of nitrogens with zero attached hydrogens (tertiary/aromatic N) is 1. The number of benzene rings is 1. The predicted octanol–water partition coefficient (Wildman–Crippen LogP) is 1.69. The molecule has 0 aliphatic carbocycles. The highest BCUT2D eigenvalue weighted by atomic mass is 16.4. The number of piperidine rings is 1. The second-order valence-electron chi connectivity index (χ2n) is 6.22. The summed E-state index contributed by atoms with van der Waals surface area (Å²) in [6.07, 6.45) is 2.53. The summed E-state index contributed by atoms with van der Waals surface area (Å²) in [4.78, 5) is 36.3. The lowest BCUT2D eigenvalue weighted by atomic mass is 9.96. The maximum Gasteiger partial charge on any atom is 0.335 e. The van der Waals surface area contributed by atoms with Crippen LogP contribution in [-0.4, -0.2) is 47.4 Å². The minimum atomic E-state index is -0.961. The monoisotopic (exact) mass is 332 g/mol. The van der Waals surface area contributed by atoms with Crippen LogP contribution in [0.1, 0.15) is 42.1 Å².